The molecule has 23 heavy (non-hydrogen) atoms. The number of benzene rings is 1. The SMILES string of the molecule is CN(Cc1ccccc1N1CCOCC1)c1ccc(C#N)nc1. The van der Waals surface area contributed by atoms with Crippen LogP contribution < -0.4 is 9.80 Å². The van der Waals surface area contributed by atoms with Gasteiger partial charge in [-0.15, -0.1) is 0 Å². The van der Waals surface area contributed by atoms with E-state index >= 15 is 0 Å². The molecular weight excluding hydrogens is 288 g/mol. The van der Waals surface area contributed by atoms with Crippen molar-refractivity contribution in [2.45, 2.75) is 6.54 Å². The maximum Gasteiger partial charge on any atom is 0.140 e. The van der Waals surface area contributed by atoms with Gasteiger partial charge in [0.15, 0.2) is 0 Å². The lowest BCUT2D eigenvalue weighted by Gasteiger charge is -2.31. The topological polar surface area (TPSA) is 52.4 Å². The number of hydrogen-bond donors (Lipinski definition) is 0. The molecule has 1 saturated heterocycles. The summed E-state index contributed by atoms with van der Waals surface area (Å²) in [6.45, 7) is 4.22. The monoisotopic (exact) mass is 308 g/mol. The first-order chi connectivity index (χ1) is 11.3. The maximum absolute atomic E-state index is 8.84. The van der Waals surface area contributed by atoms with Gasteiger partial charge in [-0.2, -0.15) is 5.26 Å². The molecule has 0 amide bonds. The molecule has 1 aromatic heterocycles. The Morgan fingerprint density at radius 2 is 2.00 bits per heavy atom. The van der Waals surface area contributed by atoms with E-state index in [0.29, 0.717) is 5.69 Å². The van der Waals surface area contributed by atoms with Crippen LogP contribution in [0.15, 0.2) is 42.6 Å². The second-order valence-electron chi connectivity index (χ2n) is 5.60. The zero-order valence-electron chi connectivity index (χ0n) is 13.3. The quantitative estimate of drug-likeness (QED) is 0.868. The van der Waals surface area contributed by atoms with Crippen molar-refractivity contribution in [1.29, 1.82) is 5.26 Å². The highest BCUT2D eigenvalue weighted by Gasteiger charge is 2.15. The number of nitriles is 1. The van der Waals surface area contributed by atoms with Crippen LogP contribution in [0, 0.1) is 11.3 Å². The number of ether oxygens (including phenoxy) is 1. The smallest absolute Gasteiger partial charge is 0.140 e. The Morgan fingerprint density at radius 1 is 1.22 bits per heavy atom. The molecule has 2 aromatic rings. The predicted octanol–water partition coefficient (Wildman–Crippen LogP) is 2.43. The molecule has 1 aliphatic heterocycles. The number of para-hydroxylation sites is 1. The number of pyridine rings is 1. The van der Waals surface area contributed by atoms with Gasteiger partial charge in [-0.1, -0.05) is 18.2 Å². The van der Waals surface area contributed by atoms with Crippen LogP contribution in [0.2, 0.25) is 0 Å². The molecule has 0 spiro atoms. The fraction of sp³-hybridized carbons (Fsp3) is 0.333. The molecule has 1 fully saturated rings. The van der Waals surface area contributed by atoms with E-state index < -0.39 is 0 Å². The van der Waals surface area contributed by atoms with E-state index in [0.717, 1.165) is 38.5 Å². The third-order valence-corrected chi connectivity index (χ3v) is 4.05. The molecule has 1 aliphatic rings. The van der Waals surface area contributed by atoms with Gasteiger partial charge in [0.1, 0.15) is 11.8 Å². The first-order valence-corrected chi connectivity index (χ1v) is 7.76. The van der Waals surface area contributed by atoms with Crippen molar-refractivity contribution in [1.82, 2.24) is 4.98 Å². The standard InChI is InChI=1S/C18H20N4O/c1-21(17-7-6-16(12-19)20-13-17)14-15-4-2-3-5-18(15)22-8-10-23-11-9-22/h2-7,13H,8-11,14H2,1H3. The number of anilines is 2. The zero-order valence-corrected chi connectivity index (χ0v) is 13.3. The van der Waals surface area contributed by atoms with Gasteiger partial charge >= 0.3 is 0 Å². The Morgan fingerprint density at radius 3 is 2.70 bits per heavy atom. The highest BCUT2D eigenvalue weighted by molar-refractivity contribution is 5.56. The van der Waals surface area contributed by atoms with E-state index in [1.807, 2.05) is 19.2 Å². The van der Waals surface area contributed by atoms with Crippen molar-refractivity contribution in [3.63, 3.8) is 0 Å². The molecule has 2 heterocycles. The Kier molecular flexibility index (Phi) is 4.74. The largest absolute Gasteiger partial charge is 0.378 e. The second kappa shape index (κ2) is 7.12. The summed E-state index contributed by atoms with van der Waals surface area (Å²) in [6, 6.07) is 14.2. The summed E-state index contributed by atoms with van der Waals surface area (Å²) < 4.78 is 5.45. The zero-order chi connectivity index (χ0) is 16.1. The molecular formula is C18H20N4O. The number of morpholine rings is 1. The van der Waals surface area contributed by atoms with Crippen LogP contribution in [0.25, 0.3) is 0 Å². The molecule has 5 heteroatoms. The minimum Gasteiger partial charge on any atom is -0.378 e. The fourth-order valence-corrected chi connectivity index (χ4v) is 2.78. The van der Waals surface area contributed by atoms with E-state index in [2.05, 4.69) is 39.0 Å². The van der Waals surface area contributed by atoms with E-state index in [1.54, 1.807) is 12.3 Å². The van der Waals surface area contributed by atoms with E-state index in [9.17, 15) is 0 Å². The molecule has 0 unspecified atom stereocenters. The van der Waals surface area contributed by atoms with Gasteiger partial charge in [-0.3, -0.25) is 0 Å². The van der Waals surface area contributed by atoms with Gasteiger partial charge in [0.05, 0.1) is 25.1 Å². The van der Waals surface area contributed by atoms with Gasteiger partial charge in [-0.05, 0) is 23.8 Å². The lowest BCUT2D eigenvalue weighted by Crippen LogP contribution is -2.37. The highest BCUT2D eigenvalue weighted by atomic mass is 16.5. The lowest BCUT2D eigenvalue weighted by atomic mass is 10.1. The Hall–Kier alpha value is -2.58. The molecule has 0 aliphatic carbocycles. The minimum atomic E-state index is 0.441. The molecule has 1 aromatic carbocycles. The third-order valence-electron chi connectivity index (χ3n) is 4.05. The molecule has 0 atom stereocenters. The molecule has 0 N–H and O–H groups in total. The number of aromatic nitrogens is 1. The predicted molar refractivity (Wildman–Crippen MR) is 90.5 cm³/mol. The highest BCUT2D eigenvalue weighted by Crippen LogP contribution is 2.24. The van der Waals surface area contributed by atoms with Crippen molar-refractivity contribution >= 4 is 11.4 Å². The van der Waals surface area contributed by atoms with Crippen LogP contribution in [0.3, 0.4) is 0 Å². The molecule has 0 bridgehead atoms. The molecule has 5 nitrogen and oxygen atoms in total. The molecule has 118 valence electrons. The van der Waals surface area contributed by atoms with Crippen LogP contribution in [-0.2, 0) is 11.3 Å². The summed E-state index contributed by atoms with van der Waals surface area (Å²) in [6.07, 6.45) is 1.75. The first-order valence-electron chi connectivity index (χ1n) is 7.76. The summed E-state index contributed by atoms with van der Waals surface area (Å²) in [5.74, 6) is 0. The number of nitrogens with zero attached hydrogens (tertiary/aromatic N) is 4. The summed E-state index contributed by atoms with van der Waals surface area (Å²) in [4.78, 5) is 8.67. The van der Waals surface area contributed by atoms with Crippen molar-refractivity contribution < 1.29 is 4.74 Å². The Labute approximate surface area is 136 Å². The molecule has 0 saturated carbocycles. The van der Waals surface area contributed by atoms with Crippen LogP contribution in [0.4, 0.5) is 11.4 Å². The van der Waals surface area contributed by atoms with E-state index in [-0.39, 0.29) is 0 Å². The molecule has 3 rings (SSSR count). The Balaban J connectivity index is 1.77. The summed E-state index contributed by atoms with van der Waals surface area (Å²) in [7, 11) is 2.04. The first kappa shape index (κ1) is 15.3. The van der Waals surface area contributed by atoms with Crippen molar-refractivity contribution in [2.24, 2.45) is 0 Å². The van der Waals surface area contributed by atoms with Crippen molar-refractivity contribution in [2.75, 3.05) is 43.2 Å². The summed E-state index contributed by atoms with van der Waals surface area (Å²) >= 11 is 0. The van der Waals surface area contributed by atoms with Gasteiger partial charge in [0.25, 0.3) is 0 Å². The Bertz CT molecular complexity index is 687. The third kappa shape index (κ3) is 3.61. The molecule has 0 radical (unpaired) electrons. The maximum atomic E-state index is 8.84. The van der Waals surface area contributed by atoms with Gasteiger partial charge in [-0.25, -0.2) is 4.98 Å². The van der Waals surface area contributed by atoms with Gasteiger partial charge in [0, 0.05) is 32.4 Å². The fourth-order valence-electron chi connectivity index (χ4n) is 2.78. The van der Waals surface area contributed by atoms with Crippen LogP contribution in [0.1, 0.15) is 11.3 Å². The normalized spacial score (nSPS) is 14.3. The van der Waals surface area contributed by atoms with Crippen LogP contribution in [-0.4, -0.2) is 38.3 Å². The second-order valence-corrected chi connectivity index (χ2v) is 5.60. The van der Waals surface area contributed by atoms with E-state index in [1.165, 1.54) is 11.3 Å². The number of rotatable bonds is 4. The summed E-state index contributed by atoms with van der Waals surface area (Å²) in [5.41, 5.74) is 3.99. The van der Waals surface area contributed by atoms with Gasteiger partial charge in [0.2, 0.25) is 0 Å². The average Bonchev–Trinajstić information content (AvgIpc) is 2.63. The minimum absolute atomic E-state index is 0.441. The van der Waals surface area contributed by atoms with Gasteiger partial charge < -0.3 is 14.5 Å². The van der Waals surface area contributed by atoms with E-state index in [4.69, 9.17) is 10.00 Å². The summed E-state index contributed by atoms with van der Waals surface area (Å²) in [5, 5.41) is 8.84. The van der Waals surface area contributed by atoms with Crippen molar-refractivity contribution in [3.05, 3.63) is 53.9 Å². The lowest BCUT2D eigenvalue weighted by molar-refractivity contribution is 0.122. The number of hydrogen-bond acceptors (Lipinski definition) is 5. The van der Waals surface area contributed by atoms with Crippen molar-refractivity contribution in [3.8, 4) is 6.07 Å². The van der Waals surface area contributed by atoms with Crippen LogP contribution >= 0.6 is 0 Å². The average molecular weight is 308 g/mol. The van der Waals surface area contributed by atoms with Crippen LogP contribution in [0.5, 0.6) is 0 Å².